The van der Waals surface area contributed by atoms with Crippen LogP contribution in [-0.2, 0) is 6.42 Å². The van der Waals surface area contributed by atoms with Gasteiger partial charge in [-0.3, -0.25) is 4.79 Å². The van der Waals surface area contributed by atoms with E-state index >= 15 is 0 Å². The van der Waals surface area contributed by atoms with Crippen LogP contribution in [0.3, 0.4) is 0 Å². The number of carbonyl (C=O) groups is 1. The van der Waals surface area contributed by atoms with Crippen LogP contribution in [0.2, 0.25) is 0 Å². The van der Waals surface area contributed by atoms with E-state index in [0.29, 0.717) is 13.1 Å². The van der Waals surface area contributed by atoms with Crippen molar-refractivity contribution in [3.63, 3.8) is 0 Å². The molecule has 1 spiro atoms. The Morgan fingerprint density at radius 1 is 1.23 bits per heavy atom. The van der Waals surface area contributed by atoms with Crippen molar-refractivity contribution < 1.29 is 40.3 Å². The molecule has 190 valence electrons. The van der Waals surface area contributed by atoms with Gasteiger partial charge in [0.05, 0.1) is 0 Å². The maximum atomic E-state index is 14.5. The van der Waals surface area contributed by atoms with Crippen molar-refractivity contribution in [1.29, 1.82) is 0 Å². The number of nitrogens with one attached hydrogen (secondary N) is 1. The predicted octanol–water partition coefficient (Wildman–Crippen LogP) is 5.73. The lowest BCUT2D eigenvalue weighted by atomic mass is 10.1. The fourth-order valence-electron chi connectivity index (χ4n) is 4.70. The number of rotatable bonds is 6. The lowest BCUT2D eigenvalue weighted by Gasteiger charge is -2.21. The van der Waals surface area contributed by atoms with Crippen LogP contribution in [0.25, 0.3) is 0 Å². The normalized spacial score (nSPS) is 22.6. The summed E-state index contributed by atoms with van der Waals surface area (Å²) in [5.41, 5.74) is -0.482. The van der Waals surface area contributed by atoms with Crippen molar-refractivity contribution in [2.45, 2.75) is 63.1 Å². The van der Waals surface area contributed by atoms with Gasteiger partial charge in [-0.1, -0.05) is 0 Å². The molecule has 1 aromatic carbocycles. The zero-order chi connectivity index (χ0) is 25.0. The van der Waals surface area contributed by atoms with Gasteiger partial charge in [0.1, 0.15) is 12.2 Å². The molecule has 1 aromatic heterocycles. The minimum Gasteiger partial charge on any atom is -0.481 e. The Morgan fingerprint density at radius 3 is 2.60 bits per heavy atom. The van der Waals surface area contributed by atoms with E-state index in [1.54, 1.807) is 4.90 Å². The summed E-state index contributed by atoms with van der Waals surface area (Å²) in [5, 5.41) is 2.30. The zero-order valence-corrected chi connectivity index (χ0v) is 18.6. The topological polar surface area (TPSA) is 67.6 Å². The fraction of sp³-hybridized carbons (Fsp3) is 0.565. The Balaban J connectivity index is 1.32. The first kappa shape index (κ1) is 23.8. The van der Waals surface area contributed by atoms with Crippen molar-refractivity contribution in [3.8, 4) is 5.75 Å². The van der Waals surface area contributed by atoms with Gasteiger partial charge in [0, 0.05) is 31.3 Å². The quantitative estimate of drug-likeness (QED) is 0.511. The molecule has 1 amide bonds. The zero-order valence-electron chi connectivity index (χ0n) is 18.6. The molecule has 1 N–H and O–H groups in total. The van der Waals surface area contributed by atoms with Crippen molar-refractivity contribution in [1.82, 2.24) is 4.98 Å². The van der Waals surface area contributed by atoms with E-state index in [1.807, 2.05) is 0 Å². The maximum absolute atomic E-state index is 14.5. The molecular formula is C23H23F6N3O3. The van der Waals surface area contributed by atoms with Gasteiger partial charge in [0.25, 0.3) is 17.8 Å². The number of oxazole rings is 1. The van der Waals surface area contributed by atoms with Crippen LogP contribution in [0.4, 0.5) is 38.0 Å². The third-order valence-corrected chi connectivity index (χ3v) is 6.83. The number of hydrogen-bond acceptors (Lipinski definition) is 5. The van der Waals surface area contributed by atoms with Crippen LogP contribution < -0.4 is 15.0 Å². The maximum Gasteiger partial charge on any atom is 0.396 e. The van der Waals surface area contributed by atoms with Crippen molar-refractivity contribution >= 4 is 17.6 Å². The molecule has 3 fully saturated rings. The molecule has 1 atom stereocenters. The molecule has 1 aliphatic heterocycles. The van der Waals surface area contributed by atoms with E-state index in [1.165, 1.54) is 6.07 Å². The number of ether oxygens (including phenoxy) is 1. The standard InChI is InChI=1S/C23H23F6N3O3/c24-14-10-13(3-4-15(14)34-17-2-1-5-22(17,25)26)30-19(33)18-16(11-23(27,28)29)35-20(31-18)32-9-8-21(12-32)6-7-21/h3-4,10,17H,1-2,5-9,11-12H2,(H,30,33). The second-order valence-electron chi connectivity index (χ2n) is 9.59. The summed E-state index contributed by atoms with van der Waals surface area (Å²) in [7, 11) is 0. The molecule has 2 saturated carbocycles. The minimum atomic E-state index is -4.64. The average molecular weight is 503 g/mol. The molecule has 2 aliphatic carbocycles. The molecule has 5 rings (SSSR count). The summed E-state index contributed by atoms with van der Waals surface area (Å²) in [6.45, 7) is 1.17. The van der Waals surface area contributed by atoms with Crippen LogP contribution in [0.1, 0.15) is 54.8 Å². The number of hydrogen-bond donors (Lipinski definition) is 1. The molecule has 0 radical (unpaired) electrons. The van der Waals surface area contributed by atoms with Crippen LogP contribution in [0, 0.1) is 11.2 Å². The number of benzene rings is 1. The van der Waals surface area contributed by atoms with E-state index in [9.17, 15) is 31.1 Å². The predicted molar refractivity (Wildman–Crippen MR) is 112 cm³/mol. The molecule has 0 bridgehead atoms. The molecule has 1 saturated heterocycles. The Hall–Kier alpha value is -2.92. The summed E-state index contributed by atoms with van der Waals surface area (Å²) >= 11 is 0. The van der Waals surface area contributed by atoms with Gasteiger partial charge in [-0.15, -0.1) is 0 Å². The minimum absolute atomic E-state index is 0.0504. The number of halogens is 6. The van der Waals surface area contributed by atoms with Crippen LogP contribution in [-0.4, -0.2) is 42.2 Å². The number of amides is 1. The summed E-state index contributed by atoms with van der Waals surface area (Å²) in [6.07, 6.45) is -4.62. The Kier molecular flexibility index (Phi) is 5.67. The van der Waals surface area contributed by atoms with E-state index < -0.39 is 53.6 Å². The summed E-state index contributed by atoms with van der Waals surface area (Å²) in [6, 6.07) is 3.10. The molecule has 12 heteroatoms. The third kappa shape index (κ3) is 5.06. The second kappa shape index (κ2) is 8.34. The Morgan fingerprint density at radius 2 is 2.00 bits per heavy atom. The monoisotopic (exact) mass is 503 g/mol. The van der Waals surface area contributed by atoms with Crippen LogP contribution >= 0.6 is 0 Å². The smallest absolute Gasteiger partial charge is 0.396 e. The van der Waals surface area contributed by atoms with Gasteiger partial charge in [-0.05, 0) is 49.7 Å². The van der Waals surface area contributed by atoms with Crippen molar-refractivity contribution in [2.24, 2.45) is 5.41 Å². The van der Waals surface area contributed by atoms with E-state index in [4.69, 9.17) is 9.15 Å². The van der Waals surface area contributed by atoms with Crippen LogP contribution in [0.5, 0.6) is 5.75 Å². The van der Waals surface area contributed by atoms with Gasteiger partial charge < -0.3 is 19.4 Å². The number of nitrogens with zero attached hydrogens (tertiary/aromatic N) is 2. The van der Waals surface area contributed by atoms with Gasteiger partial charge in [0.15, 0.2) is 23.4 Å². The molecule has 6 nitrogen and oxygen atoms in total. The first-order valence-corrected chi connectivity index (χ1v) is 11.4. The van der Waals surface area contributed by atoms with Crippen molar-refractivity contribution in [3.05, 3.63) is 35.5 Å². The van der Waals surface area contributed by atoms with Gasteiger partial charge in [-0.2, -0.15) is 18.2 Å². The Bertz CT molecular complexity index is 1130. The van der Waals surface area contributed by atoms with Crippen LogP contribution in [0.15, 0.2) is 22.6 Å². The molecular weight excluding hydrogens is 480 g/mol. The first-order valence-electron chi connectivity index (χ1n) is 11.4. The van der Waals surface area contributed by atoms with Crippen molar-refractivity contribution in [2.75, 3.05) is 23.3 Å². The van der Waals surface area contributed by atoms with E-state index in [-0.39, 0.29) is 36.4 Å². The Labute approximate surface area is 196 Å². The first-order chi connectivity index (χ1) is 16.4. The van der Waals surface area contributed by atoms with Gasteiger partial charge >= 0.3 is 6.18 Å². The van der Waals surface area contributed by atoms with Gasteiger partial charge in [0.2, 0.25) is 0 Å². The van der Waals surface area contributed by atoms with Gasteiger partial charge in [-0.25, -0.2) is 13.2 Å². The van der Waals surface area contributed by atoms with E-state index in [0.717, 1.165) is 31.4 Å². The summed E-state index contributed by atoms with van der Waals surface area (Å²) in [4.78, 5) is 18.5. The number of carbonyl (C=O) groups excluding carboxylic acids is 1. The highest BCUT2D eigenvalue weighted by molar-refractivity contribution is 6.03. The average Bonchev–Trinajstić information content (AvgIpc) is 3.04. The number of alkyl halides is 5. The SMILES string of the molecule is O=C(Nc1ccc(OC2CCCC2(F)F)c(F)c1)c1nc(N2CCC3(CC3)C2)oc1CC(F)(F)F. The molecule has 35 heavy (non-hydrogen) atoms. The number of aromatic nitrogens is 1. The molecule has 3 aliphatic rings. The lowest BCUT2D eigenvalue weighted by molar-refractivity contribution is -0.130. The molecule has 1 unspecified atom stereocenters. The van der Waals surface area contributed by atoms with E-state index in [2.05, 4.69) is 10.3 Å². The summed E-state index contributed by atoms with van der Waals surface area (Å²) < 4.78 is 91.8. The fourth-order valence-corrected chi connectivity index (χ4v) is 4.70. The molecule has 2 aromatic rings. The third-order valence-electron chi connectivity index (χ3n) is 6.83. The number of anilines is 2. The molecule has 2 heterocycles. The lowest BCUT2D eigenvalue weighted by Crippen LogP contribution is -2.32. The summed E-state index contributed by atoms with van der Waals surface area (Å²) in [5.74, 6) is -6.10. The highest BCUT2D eigenvalue weighted by Crippen LogP contribution is 2.53. The largest absolute Gasteiger partial charge is 0.481 e. The highest BCUT2D eigenvalue weighted by Gasteiger charge is 2.49. The second-order valence-corrected chi connectivity index (χ2v) is 9.59. The highest BCUT2D eigenvalue weighted by atomic mass is 19.4.